The van der Waals surface area contributed by atoms with E-state index in [4.69, 9.17) is 14.2 Å². The van der Waals surface area contributed by atoms with Gasteiger partial charge < -0.3 is 19.1 Å². The molecule has 10 nitrogen and oxygen atoms in total. The van der Waals surface area contributed by atoms with Gasteiger partial charge in [-0.25, -0.2) is 13.8 Å². The Morgan fingerprint density at radius 3 is 2.50 bits per heavy atom. The molecule has 0 amide bonds. The maximum atomic E-state index is 14.1. The van der Waals surface area contributed by atoms with Crippen LogP contribution >= 0.6 is 0 Å². The number of anilines is 1. The summed E-state index contributed by atoms with van der Waals surface area (Å²) in [6, 6.07) is 6.75. The Kier molecular flexibility index (Phi) is 5.88. The number of halogens is 2. The van der Waals surface area contributed by atoms with E-state index in [1.807, 2.05) is 4.90 Å². The molecule has 0 unspecified atom stereocenters. The molecule has 5 rings (SSSR count). The molecule has 0 spiro atoms. The first kappa shape index (κ1) is 21.9. The standard InChI is InChI=1S/C22H21F2N7O3/c1-32-14-10-13(11-25-12-14)19-27-21(30-6-8-34-9-7-30)29-22(28-19)31-15-4-3-5-16(33-2)17(15)26-20(31)18(23)24/h3-5,10-12,18H,6-9H2,1-2H3. The summed E-state index contributed by atoms with van der Waals surface area (Å²) in [6.07, 6.45) is 0.259. The third-order valence-electron chi connectivity index (χ3n) is 5.40. The molecule has 0 bridgehead atoms. The number of aromatic nitrogens is 6. The number of ether oxygens (including phenoxy) is 3. The topological polar surface area (TPSA) is 100 Å². The second-order valence-electron chi connectivity index (χ2n) is 7.41. The van der Waals surface area contributed by atoms with Crippen molar-refractivity contribution in [2.45, 2.75) is 6.43 Å². The molecule has 1 saturated heterocycles. The van der Waals surface area contributed by atoms with Crippen molar-refractivity contribution in [2.24, 2.45) is 0 Å². The smallest absolute Gasteiger partial charge is 0.296 e. The zero-order valence-corrected chi connectivity index (χ0v) is 18.5. The minimum absolute atomic E-state index is 0.0142. The number of pyridine rings is 1. The van der Waals surface area contributed by atoms with Crippen molar-refractivity contribution in [1.29, 1.82) is 0 Å². The first-order valence-electron chi connectivity index (χ1n) is 10.5. The maximum Gasteiger partial charge on any atom is 0.296 e. The summed E-state index contributed by atoms with van der Waals surface area (Å²) in [6.45, 7) is 2.12. The Morgan fingerprint density at radius 1 is 0.971 bits per heavy atom. The highest BCUT2D eigenvalue weighted by Crippen LogP contribution is 2.32. The van der Waals surface area contributed by atoms with Crippen LogP contribution in [0.25, 0.3) is 28.4 Å². The van der Waals surface area contributed by atoms with Gasteiger partial charge in [0.15, 0.2) is 11.6 Å². The van der Waals surface area contributed by atoms with Gasteiger partial charge in [0.1, 0.15) is 17.0 Å². The van der Waals surface area contributed by atoms with Crippen molar-refractivity contribution < 1.29 is 23.0 Å². The number of para-hydroxylation sites is 1. The van der Waals surface area contributed by atoms with Crippen LogP contribution in [-0.2, 0) is 4.74 Å². The first-order chi connectivity index (χ1) is 16.6. The van der Waals surface area contributed by atoms with Crippen LogP contribution in [0, 0.1) is 0 Å². The highest BCUT2D eigenvalue weighted by atomic mass is 19.3. The molecule has 3 aromatic heterocycles. The fourth-order valence-electron chi connectivity index (χ4n) is 3.75. The van der Waals surface area contributed by atoms with E-state index in [1.54, 1.807) is 36.7 Å². The van der Waals surface area contributed by atoms with Gasteiger partial charge in [-0.1, -0.05) is 6.07 Å². The molecule has 0 N–H and O–H groups in total. The monoisotopic (exact) mass is 469 g/mol. The lowest BCUT2D eigenvalue weighted by atomic mass is 10.2. The van der Waals surface area contributed by atoms with Crippen LogP contribution in [0.4, 0.5) is 14.7 Å². The average molecular weight is 469 g/mol. The average Bonchev–Trinajstić information content (AvgIpc) is 3.29. The van der Waals surface area contributed by atoms with Crippen LogP contribution in [0.1, 0.15) is 12.2 Å². The van der Waals surface area contributed by atoms with E-state index in [2.05, 4.69) is 24.9 Å². The summed E-state index contributed by atoms with van der Waals surface area (Å²) in [7, 11) is 2.99. The second-order valence-corrected chi connectivity index (χ2v) is 7.41. The number of nitrogens with zero attached hydrogens (tertiary/aromatic N) is 7. The Hall–Kier alpha value is -3.93. The molecule has 34 heavy (non-hydrogen) atoms. The van der Waals surface area contributed by atoms with Gasteiger partial charge in [0.2, 0.25) is 11.9 Å². The minimum Gasteiger partial charge on any atom is -0.495 e. The SMILES string of the molecule is COc1cncc(-c2nc(N3CCOCC3)nc(-n3c(C(F)F)nc4c(OC)cccc43)n2)c1. The number of alkyl halides is 2. The van der Waals surface area contributed by atoms with Gasteiger partial charge in [0.05, 0.1) is 39.1 Å². The molecule has 1 aromatic carbocycles. The first-order valence-corrected chi connectivity index (χ1v) is 10.5. The zero-order valence-electron chi connectivity index (χ0n) is 18.5. The highest BCUT2D eigenvalue weighted by Gasteiger charge is 2.26. The van der Waals surface area contributed by atoms with Crippen LogP contribution in [0.3, 0.4) is 0 Å². The number of benzene rings is 1. The van der Waals surface area contributed by atoms with Gasteiger partial charge in [-0.3, -0.25) is 9.55 Å². The quantitative estimate of drug-likeness (QED) is 0.422. The van der Waals surface area contributed by atoms with E-state index in [0.717, 1.165) is 0 Å². The number of imidazole rings is 1. The van der Waals surface area contributed by atoms with E-state index in [0.29, 0.717) is 60.3 Å². The van der Waals surface area contributed by atoms with Gasteiger partial charge in [0, 0.05) is 24.8 Å². The predicted octanol–water partition coefficient (Wildman–Crippen LogP) is 3.06. The Balaban J connectivity index is 1.75. The number of morpholine rings is 1. The van der Waals surface area contributed by atoms with Crippen LogP contribution in [0.15, 0.2) is 36.7 Å². The highest BCUT2D eigenvalue weighted by molar-refractivity contribution is 5.84. The molecule has 1 aliphatic rings. The lowest BCUT2D eigenvalue weighted by Crippen LogP contribution is -2.37. The van der Waals surface area contributed by atoms with Gasteiger partial charge in [0.25, 0.3) is 6.43 Å². The molecule has 4 aromatic rings. The molecular formula is C22H21F2N7O3. The zero-order chi connectivity index (χ0) is 23.7. The number of methoxy groups -OCH3 is 2. The summed E-state index contributed by atoms with van der Waals surface area (Å²) in [5.41, 5.74) is 1.24. The van der Waals surface area contributed by atoms with Crippen LogP contribution in [-0.4, -0.2) is 70.0 Å². The van der Waals surface area contributed by atoms with Crippen LogP contribution in [0.5, 0.6) is 11.5 Å². The van der Waals surface area contributed by atoms with Crippen molar-refractivity contribution >= 4 is 17.0 Å². The molecule has 0 aliphatic carbocycles. The van der Waals surface area contributed by atoms with E-state index in [-0.39, 0.29) is 11.8 Å². The van der Waals surface area contributed by atoms with E-state index in [1.165, 1.54) is 18.8 Å². The molecule has 1 aliphatic heterocycles. The fourth-order valence-corrected chi connectivity index (χ4v) is 3.75. The second kappa shape index (κ2) is 9.14. The van der Waals surface area contributed by atoms with Crippen molar-refractivity contribution in [1.82, 2.24) is 29.5 Å². The van der Waals surface area contributed by atoms with Crippen LogP contribution in [0.2, 0.25) is 0 Å². The number of hydrogen-bond donors (Lipinski definition) is 0. The van der Waals surface area contributed by atoms with E-state index >= 15 is 0 Å². The summed E-state index contributed by atoms with van der Waals surface area (Å²) < 4.78 is 45.5. The molecule has 12 heteroatoms. The number of rotatable bonds is 6. The third kappa shape index (κ3) is 3.96. The Labute approximate surface area is 193 Å². The summed E-state index contributed by atoms with van der Waals surface area (Å²) in [4.78, 5) is 24.0. The van der Waals surface area contributed by atoms with E-state index in [9.17, 15) is 8.78 Å². The fraction of sp³-hybridized carbons (Fsp3) is 0.318. The summed E-state index contributed by atoms with van der Waals surface area (Å²) >= 11 is 0. The lowest BCUT2D eigenvalue weighted by Gasteiger charge is -2.27. The van der Waals surface area contributed by atoms with Gasteiger partial charge >= 0.3 is 0 Å². The van der Waals surface area contributed by atoms with Gasteiger partial charge in [-0.2, -0.15) is 15.0 Å². The largest absolute Gasteiger partial charge is 0.495 e. The van der Waals surface area contributed by atoms with E-state index < -0.39 is 12.2 Å². The van der Waals surface area contributed by atoms with Gasteiger partial charge in [-0.15, -0.1) is 0 Å². The third-order valence-corrected chi connectivity index (χ3v) is 5.40. The molecule has 1 fully saturated rings. The lowest BCUT2D eigenvalue weighted by molar-refractivity contribution is 0.122. The molecular weight excluding hydrogens is 448 g/mol. The minimum atomic E-state index is -2.87. The van der Waals surface area contributed by atoms with Crippen LogP contribution < -0.4 is 14.4 Å². The van der Waals surface area contributed by atoms with Crippen molar-refractivity contribution in [3.8, 4) is 28.8 Å². The molecule has 4 heterocycles. The number of hydrogen-bond acceptors (Lipinski definition) is 9. The summed E-state index contributed by atoms with van der Waals surface area (Å²) in [5, 5.41) is 0. The normalized spacial score (nSPS) is 14.1. The molecule has 0 saturated carbocycles. The molecule has 0 atom stereocenters. The predicted molar refractivity (Wildman–Crippen MR) is 119 cm³/mol. The molecule has 0 radical (unpaired) electrons. The van der Waals surface area contributed by atoms with Gasteiger partial charge in [-0.05, 0) is 18.2 Å². The molecule has 176 valence electrons. The van der Waals surface area contributed by atoms with Crippen molar-refractivity contribution in [3.63, 3.8) is 0 Å². The van der Waals surface area contributed by atoms with Crippen molar-refractivity contribution in [2.75, 3.05) is 45.4 Å². The van der Waals surface area contributed by atoms with Crippen molar-refractivity contribution in [3.05, 3.63) is 42.5 Å². The Morgan fingerprint density at radius 2 is 1.76 bits per heavy atom. The Bertz CT molecular complexity index is 1330. The maximum absolute atomic E-state index is 14.1. The number of fused-ring (bicyclic) bond motifs is 1. The summed E-state index contributed by atoms with van der Waals surface area (Å²) in [5.74, 6) is 1.02.